The Hall–Kier alpha value is -1.01. The topological polar surface area (TPSA) is 40.5 Å². The van der Waals surface area contributed by atoms with Gasteiger partial charge >= 0.3 is 0 Å². The van der Waals surface area contributed by atoms with E-state index in [-0.39, 0.29) is 12.0 Å². The molecule has 2 rings (SSSR count). The van der Waals surface area contributed by atoms with E-state index in [4.69, 9.17) is 0 Å². The molecule has 0 aromatic carbocycles. The van der Waals surface area contributed by atoms with Crippen LogP contribution in [0.2, 0.25) is 0 Å². The fourth-order valence-electron chi connectivity index (χ4n) is 2.59. The summed E-state index contributed by atoms with van der Waals surface area (Å²) in [6.45, 7) is 3.15. The number of hydrogen-bond acceptors (Lipinski definition) is 2. The molecule has 14 heavy (non-hydrogen) atoms. The molecule has 1 saturated heterocycles. The lowest BCUT2D eigenvalue weighted by molar-refractivity contribution is -0.124. The number of amides is 1. The summed E-state index contributed by atoms with van der Waals surface area (Å²) in [6.07, 6.45) is 1.75. The standard InChI is InChI=1S/C11H15NO2/c1-2-3-11(14)12-6-8-4-5-10(13)9(8)7-12/h8-10,13H,4-7H2,1H3. The predicted molar refractivity (Wildman–Crippen MR) is 52.3 cm³/mol. The Bertz CT molecular complexity index is 302. The van der Waals surface area contributed by atoms with Crippen LogP contribution in [0.3, 0.4) is 0 Å². The monoisotopic (exact) mass is 193 g/mol. The third-order valence-corrected chi connectivity index (χ3v) is 3.34. The second-order valence-electron chi connectivity index (χ2n) is 4.15. The molecule has 1 N–H and O–H groups in total. The van der Waals surface area contributed by atoms with E-state index in [1.54, 1.807) is 11.8 Å². The molecule has 0 bridgehead atoms. The maximum absolute atomic E-state index is 11.5. The lowest BCUT2D eigenvalue weighted by Gasteiger charge is -2.15. The van der Waals surface area contributed by atoms with Crippen molar-refractivity contribution in [1.29, 1.82) is 0 Å². The largest absolute Gasteiger partial charge is 0.393 e. The van der Waals surface area contributed by atoms with Crippen LogP contribution in [0.15, 0.2) is 0 Å². The first kappa shape index (κ1) is 9.54. The van der Waals surface area contributed by atoms with Gasteiger partial charge in [-0.25, -0.2) is 0 Å². The Labute approximate surface area is 84.1 Å². The number of hydrogen-bond donors (Lipinski definition) is 1. The zero-order valence-corrected chi connectivity index (χ0v) is 8.36. The van der Waals surface area contributed by atoms with Crippen molar-refractivity contribution in [3.8, 4) is 11.8 Å². The minimum absolute atomic E-state index is 0.0888. The molecular formula is C11H15NO2. The molecule has 1 saturated carbocycles. The Balaban J connectivity index is 2.01. The molecule has 0 aromatic heterocycles. The van der Waals surface area contributed by atoms with E-state index < -0.39 is 0 Å². The van der Waals surface area contributed by atoms with Crippen molar-refractivity contribution >= 4 is 5.91 Å². The summed E-state index contributed by atoms with van der Waals surface area (Å²) in [4.78, 5) is 13.2. The smallest absolute Gasteiger partial charge is 0.298 e. The van der Waals surface area contributed by atoms with Crippen molar-refractivity contribution < 1.29 is 9.90 Å². The number of aliphatic hydroxyl groups is 1. The zero-order valence-electron chi connectivity index (χ0n) is 8.36. The van der Waals surface area contributed by atoms with E-state index in [2.05, 4.69) is 11.8 Å². The van der Waals surface area contributed by atoms with E-state index in [9.17, 15) is 9.90 Å². The second-order valence-corrected chi connectivity index (χ2v) is 4.15. The molecule has 1 amide bonds. The fraction of sp³-hybridized carbons (Fsp3) is 0.727. The summed E-state index contributed by atoms with van der Waals surface area (Å²) in [5, 5.41) is 9.65. The molecule has 76 valence electrons. The molecule has 3 heteroatoms. The molecule has 1 aliphatic heterocycles. The highest BCUT2D eigenvalue weighted by Gasteiger charge is 2.42. The number of fused-ring (bicyclic) bond motifs is 1. The van der Waals surface area contributed by atoms with Crippen LogP contribution in [0.1, 0.15) is 19.8 Å². The molecule has 2 fully saturated rings. The van der Waals surface area contributed by atoms with Gasteiger partial charge in [0.15, 0.2) is 0 Å². The quantitative estimate of drug-likeness (QED) is 0.560. The number of carbonyl (C=O) groups excluding carboxylic acids is 1. The molecule has 1 aliphatic carbocycles. The summed E-state index contributed by atoms with van der Waals surface area (Å²) in [5.41, 5.74) is 0. The van der Waals surface area contributed by atoms with E-state index in [0.717, 1.165) is 19.4 Å². The first-order valence-corrected chi connectivity index (χ1v) is 5.12. The SMILES string of the molecule is CC#CC(=O)N1CC2CCC(O)C2C1. The Morgan fingerprint density at radius 3 is 2.86 bits per heavy atom. The number of carbonyl (C=O) groups is 1. The second kappa shape index (κ2) is 3.62. The summed E-state index contributed by atoms with van der Waals surface area (Å²) in [6, 6.07) is 0. The lowest BCUT2D eigenvalue weighted by Crippen LogP contribution is -2.29. The van der Waals surface area contributed by atoms with Crippen LogP contribution in [0, 0.1) is 23.7 Å². The van der Waals surface area contributed by atoms with Crippen molar-refractivity contribution in [2.45, 2.75) is 25.9 Å². The average molecular weight is 193 g/mol. The van der Waals surface area contributed by atoms with Gasteiger partial charge in [0.2, 0.25) is 0 Å². The number of aliphatic hydroxyl groups excluding tert-OH is 1. The van der Waals surface area contributed by atoms with E-state index in [1.807, 2.05) is 0 Å². The van der Waals surface area contributed by atoms with Gasteiger partial charge in [-0.05, 0) is 31.6 Å². The Morgan fingerprint density at radius 2 is 2.21 bits per heavy atom. The third kappa shape index (κ3) is 1.51. The van der Waals surface area contributed by atoms with Gasteiger partial charge in [-0.15, -0.1) is 0 Å². The van der Waals surface area contributed by atoms with Crippen LogP contribution < -0.4 is 0 Å². The van der Waals surface area contributed by atoms with Gasteiger partial charge in [0.1, 0.15) is 0 Å². The molecule has 3 nitrogen and oxygen atoms in total. The molecule has 0 spiro atoms. The summed E-state index contributed by atoms with van der Waals surface area (Å²) < 4.78 is 0. The normalized spacial score (nSPS) is 35.0. The zero-order chi connectivity index (χ0) is 10.1. The number of rotatable bonds is 0. The van der Waals surface area contributed by atoms with Gasteiger partial charge in [-0.2, -0.15) is 0 Å². The van der Waals surface area contributed by atoms with Gasteiger partial charge in [0.25, 0.3) is 5.91 Å². The third-order valence-electron chi connectivity index (χ3n) is 3.34. The van der Waals surface area contributed by atoms with Crippen molar-refractivity contribution in [2.24, 2.45) is 11.8 Å². The number of nitrogens with zero attached hydrogens (tertiary/aromatic N) is 1. The molecular weight excluding hydrogens is 178 g/mol. The van der Waals surface area contributed by atoms with E-state index >= 15 is 0 Å². The van der Waals surface area contributed by atoms with Crippen LogP contribution in [-0.2, 0) is 4.79 Å². The van der Waals surface area contributed by atoms with Gasteiger partial charge in [-0.1, -0.05) is 5.92 Å². The van der Waals surface area contributed by atoms with Gasteiger partial charge in [0.05, 0.1) is 6.10 Å². The van der Waals surface area contributed by atoms with Gasteiger partial charge in [0, 0.05) is 19.0 Å². The minimum Gasteiger partial charge on any atom is -0.393 e. The fourth-order valence-corrected chi connectivity index (χ4v) is 2.59. The van der Waals surface area contributed by atoms with E-state index in [1.165, 1.54) is 0 Å². The Morgan fingerprint density at radius 1 is 1.43 bits per heavy atom. The molecule has 2 aliphatic rings. The molecule has 0 radical (unpaired) electrons. The predicted octanol–water partition coefficient (Wildman–Crippen LogP) is 0.239. The minimum atomic E-state index is -0.201. The van der Waals surface area contributed by atoms with Gasteiger partial charge < -0.3 is 10.0 Å². The molecule has 0 aromatic rings. The van der Waals surface area contributed by atoms with Crippen LogP contribution >= 0.6 is 0 Å². The first-order chi connectivity index (χ1) is 6.72. The van der Waals surface area contributed by atoms with Crippen molar-refractivity contribution in [3.05, 3.63) is 0 Å². The summed E-state index contributed by atoms with van der Waals surface area (Å²) >= 11 is 0. The molecule has 3 atom stereocenters. The van der Waals surface area contributed by atoms with Crippen LogP contribution in [-0.4, -0.2) is 35.1 Å². The molecule has 1 heterocycles. The maximum Gasteiger partial charge on any atom is 0.298 e. The van der Waals surface area contributed by atoms with Crippen molar-refractivity contribution in [3.63, 3.8) is 0 Å². The summed E-state index contributed by atoms with van der Waals surface area (Å²) in [7, 11) is 0. The maximum atomic E-state index is 11.5. The highest BCUT2D eigenvalue weighted by Crippen LogP contribution is 2.37. The van der Waals surface area contributed by atoms with Crippen molar-refractivity contribution in [2.75, 3.05) is 13.1 Å². The summed E-state index contributed by atoms with van der Waals surface area (Å²) in [5.74, 6) is 5.89. The Kier molecular flexibility index (Phi) is 2.47. The first-order valence-electron chi connectivity index (χ1n) is 5.12. The van der Waals surface area contributed by atoms with Crippen molar-refractivity contribution in [1.82, 2.24) is 4.90 Å². The highest BCUT2D eigenvalue weighted by molar-refractivity contribution is 5.93. The average Bonchev–Trinajstić information content (AvgIpc) is 2.69. The van der Waals surface area contributed by atoms with E-state index in [0.29, 0.717) is 18.4 Å². The van der Waals surface area contributed by atoms with Crippen LogP contribution in [0.5, 0.6) is 0 Å². The highest BCUT2D eigenvalue weighted by atomic mass is 16.3. The van der Waals surface area contributed by atoms with Gasteiger partial charge in [-0.3, -0.25) is 4.79 Å². The number of likely N-dealkylation sites (tertiary alicyclic amines) is 1. The lowest BCUT2D eigenvalue weighted by atomic mass is 10.00. The molecule has 3 unspecified atom stereocenters. The van der Waals surface area contributed by atoms with Crippen LogP contribution in [0.4, 0.5) is 0 Å². The van der Waals surface area contributed by atoms with Crippen LogP contribution in [0.25, 0.3) is 0 Å².